The first-order valence-corrected chi connectivity index (χ1v) is 1.59. The van der Waals surface area contributed by atoms with E-state index in [4.69, 9.17) is 0 Å². The Kier molecular flexibility index (Phi) is 0.357. The van der Waals surface area contributed by atoms with Crippen molar-refractivity contribution in [3.8, 4) is 0 Å². The molecule has 1 nitrogen and oxygen atoms in total. The molecule has 0 spiro atoms. The highest BCUT2D eigenvalue weighted by molar-refractivity contribution is 5.34. The zero-order valence-electron chi connectivity index (χ0n) is 2.94. The van der Waals surface area contributed by atoms with Gasteiger partial charge in [0.25, 0.3) is 0 Å². The monoisotopic (exact) mass is 67.0 g/mol. The lowest BCUT2D eigenvalue weighted by Gasteiger charge is -1.59. The molecule has 0 unspecified atom stereocenters. The fraction of sp³-hybridized carbons (Fsp3) is 0.250. The van der Waals surface area contributed by atoms with Gasteiger partial charge in [0.1, 0.15) is 0 Å². The van der Waals surface area contributed by atoms with Gasteiger partial charge in [0.2, 0.25) is 0 Å². The average molecular weight is 67.1 g/mol. The van der Waals surface area contributed by atoms with Gasteiger partial charge in [0, 0.05) is 12.1 Å². The van der Waals surface area contributed by atoms with E-state index in [2.05, 4.69) is 11.7 Å². The number of allylic oxidation sites excluding steroid dienone is 2. The minimum atomic E-state index is 1.07. The first-order chi connectivity index (χ1) is 2.43. The fourth-order valence-electron chi connectivity index (χ4n) is 0.175. The van der Waals surface area contributed by atoms with Gasteiger partial charge in [-0.1, -0.05) is 6.08 Å². The van der Waals surface area contributed by atoms with E-state index in [1.54, 1.807) is 0 Å². The minimum Gasteiger partial charge on any atom is -0.269 e. The van der Waals surface area contributed by atoms with Crippen LogP contribution in [0, 0.1) is 0 Å². The summed E-state index contributed by atoms with van der Waals surface area (Å²) in [5, 5.41) is 0. The van der Waals surface area contributed by atoms with Gasteiger partial charge in [-0.2, -0.15) is 0 Å². The molecule has 0 radical (unpaired) electrons. The third-order valence-corrected chi connectivity index (χ3v) is 0.590. The number of hydrogen-bond donors (Lipinski definition) is 0. The molecule has 0 amide bonds. The molecule has 0 aromatic rings. The SMILES string of the molecule is C=NC1=CC1. The Bertz CT molecular complexity index is 78.9. The molecule has 1 aliphatic rings. The summed E-state index contributed by atoms with van der Waals surface area (Å²) >= 11 is 0. The largest absolute Gasteiger partial charge is 0.269 e. The van der Waals surface area contributed by atoms with Gasteiger partial charge in [-0.25, -0.2) is 0 Å². The lowest BCUT2D eigenvalue weighted by atomic mass is 10.8. The molecular formula is C4H5N. The van der Waals surface area contributed by atoms with Gasteiger partial charge in [0.05, 0.1) is 0 Å². The first kappa shape index (κ1) is 2.64. The van der Waals surface area contributed by atoms with Crippen LogP contribution in [-0.4, -0.2) is 6.72 Å². The molecule has 1 heteroatoms. The van der Waals surface area contributed by atoms with Crippen molar-refractivity contribution in [1.82, 2.24) is 0 Å². The summed E-state index contributed by atoms with van der Waals surface area (Å²) in [6, 6.07) is 0. The van der Waals surface area contributed by atoms with E-state index < -0.39 is 0 Å². The van der Waals surface area contributed by atoms with Crippen LogP contribution in [0.2, 0.25) is 0 Å². The van der Waals surface area contributed by atoms with Crippen LogP contribution in [-0.2, 0) is 0 Å². The van der Waals surface area contributed by atoms with E-state index in [0.717, 1.165) is 12.1 Å². The maximum Gasteiger partial charge on any atom is 0.0398 e. The Labute approximate surface area is 31.0 Å². The smallest absolute Gasteiger partial charge is 0.0398 e. The first-order valence-electron chi connectivity index (χ1n) is 1.59. The molecule has 0 saturated heterocycles. The van der Waals surface area contributed by atoms with Crippen molar-refractivity contribution in [2.24, 2.45) is 4.99 Å². The van der Waals surface area contributed by atoms with Crippen LogP contribution >= 0.6 is 0 Å². The number of hydrogen-bond acceptors (Lipinski definition) is 1. The van der Waals surface area contributed by atoms with Crippen LogP contribution < -0.4 is 0 Å². The van der Waals surface area contributed by atoms with Crippen molar-refractivity contribution in [3.05, 3.63) is 11.8 Å². The Morgan fingerprint density at radius 2 is 2.60 bits per heavy atom. The Hall–Kier alpha value is -0.590. The summed E-state index contributed by atoms with van der Waals surface area (Å²) in [5.41, 5.74) is 1.14. The van der Waals surface area contributed by atoms with Gasteiger partial charge < -0.3 is 0 Å². The second-order valence-corrected chi connectivity index (χ2v) is 1.06. The van der Waals surface area contributed by atoms with Gasteiger partial charge in [0.15, 0.2) is 0 Å². The van der Waals surface area contributed by atoms with Crippen LogP contribution in [0.3, 0.4) is 0 Å². The van der Waals surface area contributed by atoms with E-state index in [9.17, 15) is 0 Å². The second-order valence-electron chi connectivity index (χ2n) is 1.06. The maximum atomic E-state index is 3.61. The molecule has 0 heterocycles. The van der Waals surface area contributed by atoms with Crippen LogP contribution in [0.4, 0.5) is 0 Å². The standard InChI is InChI=1S/C4H5N/c1-5-4-2-3-4/h2H,1,3H2. The Morgan fingerprint density at radius 1 is 2.00 bits per heavy atom. The molecule has 1 aliphatic carbocycles. The predicted octanol–water partition coefficient (Wildman–Crippen LogP) is 0.975. The molecule has 0 aromatic heterocycles. The van der Waals surface area contributed by atoms with E-state index in [0.29, 0.717) is 0 Å². The minimum absolute atomic E-state index is 1.07. The van der Waals surface area contributed by atoms with E-state index in [1.807, 2.05) is 6.08 Å². The van der Waals surface area contributed by atoms with Crippen molar-refractivity contribution in [1.29, 1.82) is 0 Å². The number of aliphatic imine (C=N–C) groups is 1. The molecule has 0 aliphatic heterocycles. The topological polar surface area (TPSA) is 12.4 Å². The average Bonchev–Trinajstić information content (AvgIpc) is 2.12. The van der Waals surface area contributed by atoms with E-state index in [1.165, 1.54) is 0 Å². The lowest BCUT2D eigenvalue weighted by Crippen LogP contribution is -1.39. The third-order valence-electron chi connectivity index (χ3n) is 0.590. The summed E-state index contributed by atoms with van der Waals surface area (Å²) in [6.45, 7) is 3.30. The molecule has 0 atom stereocenters. The highest BCUT2D eigenvalue weighted by Crippen LogP contribution is 2.17. The molecule has 1 rings (SSSR count). The van der Waals surface area contributed by atoms with Crippen molar-refractivity contribution in [2.75, 3.05) is 0 Å². The van der Waals surface area contributed by atoms with Crippen LogP contribution in [0.15, 0.2) is 16.8 Å². The van der Waals surface area contributed by atoms with E-state index >= 15 is 0 Å². The zero-order chi connectivity index (χ0) is 3.70. The lowest BCUT2D eigenvalue weighted by molar-refractivity contribution is 1.41. The van der Waals surface area contributed by atoms with Crippen molar-refractivity contribution in [2.45, 2.75) is 6.42 Å². The summed E-state index contributed by atoms with van der Waals surface area (Å²) < 4.78 is 0. The molecule has 0 N–H and O–H groups in total. The molecule has 26 valence electrons. The predicted molar refractivity (Wildman–Crippen MR) is 22.2 cm³/mol. The van der Waals surface area contributed by atoms with Crippen molar-refractivity contribution < 1.29 is 0 Å². The van der Waals surface area contributed by atoms with Crippen LogP contribution in [0.1, 0.15) is 6.42 Å². The van der Waals surface area contributed by atoms with Crippen molar-refractivity contribution >= 4 is 6.72 Å². The quantitative estimate of drug-likeness (QED) is 0.405. The highest BCUT2D eigenvalue weighted by atomic mass is 14.7. The summed E-state index contributed by atoms with van der Waals surface area (Å²) in [7, 11) is 0. The molecule has 0 saturated carbocycles. The van der Waals surface area contributed by atoms with Gasteiger partial charge in [-0.3, -0.25) is 4.99 Å². The third kappa shape index (κ3) is 0.349. The molecule has 0 bridgehead atoms. The van der Waals surface area contributed by atoms with Crippen LogP contribution in [0.25, 0.3) is 0 Å². The van der Waals surface area contributed by atoms with Gasteiger partial charge >= 0.3 is 0 Å². The molecule has 0 fully saturated rings. The Morgan fingerprint density at radius 3 is 2.60 bits per heavy atom. The molecule has 0 aromatic carbocycles. The van der Waals surface area contributed by atoms with E-state index in [-0.39, 0.29) is 0 Å². The zero-order valence-corrected chi connectivity index (χ0v) is 2.94. The summed E-state index contributed by atoms with van der Waals surface area (Å²) in [5.74, 6) is 0. The summed E-state index contributed by atoms with van der Waals surface area (Å²) in [6.07, 6.45) is 3.11. The maximum absolute atomic E-state index is 3.61. The van der Waals surface area contributed by atoms with Crippen molar-refractivity contribution in [3.63, 3.8) is 0 Å². The number of nitrogens with zero attached hydrogens (tertiary/aromatic N) is 1. The molecular weight excluding hydrogens is 62.1 g/mol. The normalized spacial score (nSPS) is 17.2. The molecule has 5 heavy (non-hydrogen) atoms. The Balaban J connectivity index is 2.49. The van der Waals surface area contributed by atoms with Gasteiger partial charge in [-0.05, 0) is 6.72 Å². The second kappa shape index (κ2) is 0.677. The highest BCUT2D eigenvalue weighted by Gasteiger charge is 1.99. The summed E-state index contributed by atoms with van der Waals surface area (Å²) in [4.78, 5) is 3.61. The van der Waals surface area contributed by atoms with Gasteiger partial charge in [-0.15, -0.1) is 0 Å². The van der Waals surface area contributed by atoms with Crippen LogP contribution in [0.5, 0.6) is 0 Å². The number of rotatable bonds is 1. The fourth-order valence-corrected chi connectivity index (χ4v) is 0.175.